The molecule has 2 heterocycles. The van der Waals surface area contributed by atoms with Gasteiger partial charge in [-0.2, -0.15) is 8.78 Å². The van der Waals surface area contributed by atoms with Crippen molar-refractivity contribution in [2.45, 2.75) is 65.7 Å². The molecule has 2 aliphatic carbocycles. The molecule has 2 aromatic heterocycles. The van der Waals surface area contributed by atoms with Crippen LogP contribution in [-0.2, 0) is 17.3 Å². The minimum atomic E-state index is -0.736. The second-order valence-electron chi connectivity index (χ2n) is 9.31. The molecule has 0 spiro atoms. The molecule has 0 N–H and O–H groups in total. The van der Waals surface area contributed by atoms with Gasteiger partial charge in [0.05, 0.1) is 0 Å². The highest BCUT2D eigenvalue weighted by molar-refractivity contribution is 7.14. The number of thiophene rings is 2. The summed E-state index contributed by atoms with van der Waals surface area (Å²) in [6, 6.07) is 0. The molecule has 5 rings (SSSR count). The summed E-state index contributed by atoms with van der Waals surface area (Å²) in [5.41, 5.74) is 7.87. The first kappa shape index (κ1) is 19.4. The lowest BCUT2D eigenvalue weighted by Crippen LogP contribution is -2.21. The third kappa shape index (κ3) is 2.01. The van der Waals surface area contributed by atoms with E-state index in [0.717, 1.165) is 60.0 Å². The van der Waals surface area contributed by atoms with Crippen LogP contribution in [0.15, 0.2) is 0 Å². The summed E-state index contributed by atoms with van der Waals surface area (Å²) in [7, 11) is 0. The van der Waals surface area contributed by atoms with E-state index in [1.54, 1.807) is 0 Å². The predicted octanol–water partition coefficient (Wildman–Crippen LogP) is 8.02. The van der Waals surface area contributed by atoms with Gasteiger partial charge in [0.1, 0.15) is 0 Å². The van der Waals surface area contributed by atoms with Gasteiger partial charge in [-0.1, -0.05) is 34.6 Å². The summed E-state index contributed by atoms with van der Waals surface area (Å²) in [5.74, 6) is -0.722. The zero-order valence-corrected chi connectivity index (χ0v) is 19.3. The Kier molecular flexibility index (Phi) is 3.71. The van der Waals surface area contributed by atoms with Gasteiger partial charge < -0.3 is 0 Å². The van der Waals surface area contributed by atoms with Crippen molar-refractivity contribution in [2.75, 3.05) is 0 Å². The highest BCUT2D eigenvalue weighted by Gasteiger charge is 2.49. The van der Waals surface area contributed by atoms with Crippen LogP contribution in [0.4, 0.5) is 13.2 Å². The quantitative estimate of drug-likeness (QED) is 0.365. The minimum Gasteiger partial charge on any atom is -0.202 e. The van der Waals surface area contributed by atoms with E-state index >= 15 is 0 Å². The Balaban J connectivity index is 1.96. The van der Waals surface area contributed by atoms with Crippen LogP contribution in [0.3, 0.4) is 0 Å². The molecule has 5 heteroatoms. The second kappa shape index (κ2) is 5.55. The van der Waals surface area contributed by atoms with Gasteiger partial charge in [0.25, 0.3) is 0 Å². The molecule has 29 heavy (non-hydrogen) atoms. The van der Waals surface area contributed by atoms with Crippen molar-refractivity contribution < 1.29 is 13.2 Å². The molecule has 0 atom stereocenters. The molecule has 2 aliphatic rings. The third-order valence-electron chi connectivity index (χ3n) is 7.08. The van der Waals surface area contributed by atoms with E-state index in [9.17, 15) is 13.2 Å². The van der Waals surface area contributed by atoms with Crippen molar-refractivity contribution in [1.82, 2.24) is 0 Å². The molecule has 0 bridgehead atoms. The first-order valence-electron chi connectivity index (χ1n) is 9.94. The number of rotatable bonds is 1. The molecule has 0 nitrogen and oxygen atoms in total. The van der Waals surface area contributed by atoms with Gasteiger partial charge in [-0.05, 0) is 59.2 Å². The smallest absolute Gasteiger partial charge is 0.202 e. The second-order valence-corrected chi connectivity index (χ2v) is 11.2. The SMILES string of the molecule is CCc1c(F)sc2c1C(C)(C)c1c(C)c3c(c(C)c1-2)C(C)(C)c1c-3sc(F)c1F. The van der Waals surface area contributed by atoms with Gasteiger partial charge in [0.2, 0.25) is 5.13 Å². The van der Waals surface area contributed by atoms with Crippen molar-refractivity contribution in [3.8, 4) is 20.9 Å². The lowest BCUT2D eigenvalue weighted by Gasteiger charge is -2.29. The van der Waals surface area contributed by atoms with E-state index in [0.29, 0.717) is 12.0 Å². The number of hydrogen-bond acceptors (Lipinski definition) is 2. The van der Waals surface area contributed by atoms with Crippen LogP contribution >= 0.6 is 22.7 Å². The lowest BCUT2D eigenvalue weighted by molar-refractivity contribution is 0.499. The van der Waals surface area contributed by atoms with Gasteiger partial charge >= 0.3 is 0 Å². The first-order chi connectivity index (χ1) is 13.5. The fourth-order valence-corrected chi connectivity index (χ4v) is 8.65. The van der Waals surface area contributed by atoms with E-state index in [1.807, 2.05) is 20.8 Å². The van der Waals surface area contributed by atoms with Gasteiger partial charge in [-0.25, -0.2) is 4.39 Å². The number of fused-ring (bicyclic) bond motifs is 6. The average molecular weight is 433 g/mol. The molecule has 0 aliphatic heterocycles. The van der Waals surface area contributed by atoms with Crippen LogP contribution in [0, 0.1) is 29.9 Å². The fraction of sp³-hybridized carbons (Fsp3) is 0.417. The van der Waals surface area contributed by atoms with E-state index in [-0.39, 0.29) is 10.5 Å². The zero-order valence-electron chi connectivity index (χ0n) is 17.7. The predicted molar refractivity (Wildman–Crippen MR) is 116 cm³/mol. The highest BCUT2D eigenvalue weighted by Crippen LogP contribution is 2.63. The Hall–Kier alpha value is -1.59. The van der Waals surface area contributed by atoms with Gasteiger partial charge in [-0.15, -0.1) is 22.7 Å². The zero-order chi connectivity index (χ0) is 21.2. The Morgan fingerprint density at radius 2 is 1.14 bits per heavy atom. The molecule has 3 aromatic rings. The molecule has 1 aromatic carbocycles. The molecule has 0 unspecified atom stereocenters. The summed E-state index contributed by atoms with van der Waals surface area (Å²) in [6.07, 6.45) is 0.657. The van der Waals surface area contributed by atoms with E-state index in [1.165, 1.54) is 16.9 Å². The maximum atomic E-state index is 14.8. The van der Waals surface area contributed by atoms with Gasteiger partial charge in [0, 0.05) is 31.7 Å². The van der Waals surface area contributed by atoms with E-state index < -0.39 is 16.4 Å². The summed E-state index contributed by atoms with van der Waals surface area (Å²) in [4.78, 5) is 1.73. The van der Waals surface area contributed by atoms with Crippen molar-refractivity contribution in [1.29, 1.82) is 0 Å². The van der Waals surface area contributed by atoms with Gasteiger partial charge in [0.15, 0.2) is 10.9 Å². The summed E-state index contributed by atoms with van der Waals surface area (Å²) in [6.45, 7) is 14.4. The van der Waals surface area contributed by atoms with Crippen LogP contribution in [-0.4, -0.2) is 0 Å². The van der Waals surface area contributed by atoms with Gasteiger partial charge in [-0.3, -0.25) is 0 Å². The number of benzene rings is 1. The monoisotopic (exact) mass is 432 g/mol. The molecular formula is C24H23F3S2. The normalized spacial score (nSPS) is 17.3. The molecule has 0 fully saturated rings. The maximum Gasteiger partial charge on any atom is 0.213 e. The Bertz CT molecular complexity index is 1240. The van der Waals surface area contributed by atoms with Crippen LogP contribution in [0.1, 0.15) is 73.6 Å². The average Bonchev–Trinajstić information content (AvgIpc) is 3.25. The van der Waals surface area contributed by atoms with Crippen molar-refractivity contribution in [3.63, 3.8) is 0 Å². The number of hydrogen-bond donors (Lipinski definition) is 0. The molecule has 0 saturated heterocycles. The van der Waals surface area contributed by atoms with Crippen molar-refractivity contribution in [3.05, 3.63) is 55.0 Å². The standard InChI is InChI=1S/C24H23F3S2/c1-8-11-16-19(28-21(11)26)12-9(2)15-13(10(3)14(12)23(16,4)5)20-17(24(15,6)7)18(25)22(27)29-20/h8H2,1-7H3. The summed E-state index contributed by atoms with van der Waals surface area (Å²) < 4.78 is 43.8. The van der Waals surface area contributed by atoms with Crippen LogP contribution in [0.5, 0.6) is 0 Å². The summed E-state index contributed by atoms with van der Waals surface area (Å²) >= 11 is 2.15. The maximum absolute atomic E-state index is 14.8. The largest absolute Gasteiger partial charge is 0.213 e. The third-order valence-corrected chi connectivity index (χ3v) is 9.09. The Morgan fingerprint density at radius 3 is 1.66 bits per heavy atom. The van der Waals surface area contributed by atoms with Crippen molar-refractivity contribution in [2.24, 2.45) is 0 Å². The Labute approximate surface area is 177 Å². The van der Waals surface area contributed by atoms with E-state index in [4.69, 9.17) is 0 Å². The van der Waals surface area contributed by atoms with Crippen LogP contribution in [0.2, 0.25) is 0 Å². The van der Waals surface area contributed by atoms with Crippen LogP contribution in [0.25, 0.3) is 20.9 Å². The molecule has 0 saturated carbocycles. The highest BCUT2D eigenvalue weighted by atomic mass is 32.1. The molecular weight excluding hydrogens is 409 g/mol. The minimum absolute atomic E-state index is 0.0970. The van der Waals surface area contributed by atoms with E-state index in [2.05, 4.69) is 27.7 Å². The fourth-order valence-electron chi connectivity index (χ4n) is 6.09. The Morgan fingerprint density at radius 1 is 0.690 bits per heavy atom. The first-order valence-corrected chi connectivity index (χ1v) is 11.6. The topological polar surface area (TPSA) is 0 Å². The lowest BCUT2D eigenvalue weighted by atomic mass is 9.74. The van der Waals surface area contributed by atoms with Crippen molar-refractivity contribution >= 4 is 22.7 Å². The molecule has 0 amide bonds. The summed E-state index contributed by atoms with van der Waals surface area (Å²) in [5, 5.41) is -0.833. The molecule has 152 valence electrons. The van der Waals surface area contributed by atoms with Crippen LogP contribution < -0.4 is 0 Å². The molecule has 0 radical (unpaired) electrons. The number of halogens is 3.